The summed E-state index contributed by atoms with van der Waals surface area (Å²) in [6.07, 6.45) is 2.69. The minimum Gasteiger partial charge on any atom is -0.370 e. The van der Waals surface area contributed by atoms with Gasteiger partial charge in [-0.15, -0.1) is 0 Å². The highest BCUT2D eigenvalue weighted by molar-refractivity contribution is 4.87. The van der Waals surface area contributed by atoms with Crippen LogP contribution in [0.25, 0.3) is 0 Å². The van der Waals surface area contributed by atoms with E-state index in [1.807, 2.05) is 0 Å². The lowest BCUT2D eigenvalue weighted by Crippen LogP contribution is -2.02. The van der Waals surface area contributed by atoms with Gasteiger partial charge in [0.1, 0.15) is 0 Å². The molecule has 0 aromatic carbocycles. The maximum absolute atomic E-state index is 8.19. The molecule has 0 unspecified atom stereocenters. The van der Waals surface area contributed by atoms with E-state index in [4.69, 9.17) is 10.00 Å². The molecule has 9 heavy (non-hydrogen) atoms. The molecule has 1 heterocycles. The standard InChI is InChI=1S/C7H11NO/c1-7(6-9-7)4-2-3-5-8/h2-4,6H2,1H3/t7-/m1/s1. The normalized spacial score (nSPS) is 31.6. The van der Waals surface area contributed by atoms with Crippen LogP contribution in [0.15, 0.2) is 0 Å². The minimum absolute atomic E-state index is 0.150. The van der Waals surface area contributed by atoms with Crippen molar-refractivity contribution in [2.24, 2.45) is 0 Å². The van der Waals surface area contributed by atoms with E-state index in [-0.39, 0.29) is 5.60 Å². The van der Waals surface area contributed by atoms with Gasteiger partial charge in [-0.2, -0.15) is 5.26 Å². The van der Waals surface area contributed by atoms with Crippen LogP contribution < -0.4 is 0 Å². The van der Waals surface area contributed by atoms with Crippen molar-refractivity contribution in [3.8, 4) is 6.07 Å². The number of hydrogen-bond acceptors (Lipinski definition) is 2. The first-order valence-electron chi connectivity index (χ1n) is 3.28. The summed E-state index contributed by atoms with van der Waals surface area (Å²) in [4.78, 5) is 0. The Morgan fingerprint density at radius 3 is 2.89 bits per heavy atom. The van der Waals surface area contributed by atoms with Crippen molar-refractivity contribution in [1.29, 1.82) is 5.26 Å². The SMILES string of the molecule is C[C@@]1(CCCC#N)CO1. The zero-order valence-electron chi connectivity index (χ0n) is 5.68. The fourth-order valence-electron chi connectivity index (χ4n) is 0.809. The molecule has 1 rings (SSSR count). The first-order chi connectivity index (χ1) is 4.27. The third kappa shape index (κ3) is 2.03. The maximum atomic E-state index is 8.19. The average Bonchev–Trinajstić information content (AvgIpc) is 2.50. The summed E-state index contributed by atoms with van der Waals surface area (Å²) in [7, 11) is 0. The molecule has 0 amide bonds. The van der Waals surface area contributed by atoms with Crippen molar-refractivity contribution >= 4 is 0 Å². The highest BCUT2D eigenvalue weighted by atomic mass is 16.6. The molecule has 1 saturated heterocycles. The molecule has 1 aliphatic rings. The second kappa shape index (κ2) is 2.36. The molecule has 0 N–H and O–H groups in total. The van der Waals surface area contributed by atoms with Crippen molar-refractivity contribution in [2.45, 2.75) is 31.8 Å². The van der Waals surface area contributed by atoms with Crippen molar-refractivity contribution in [1.82, 2.24) is 0 Å². The summed E-state index contributed by atoms with van der Waals surface area (Å²) in [5.41, 5.74) is 0.150. The third-order valence-electron chi connectivity index (χ3n) is 1.63. The molecule has 2 heteroatoms. The van der Waals surface area contributed by atoms with E-state index in [2.05, 4.69) is 13.0 Å². The van der Waals surface area contributed by atoms with Crippen LogP contribution in [0.2, 0.25) is 0 Å². The molecule has 0 saturated carbocycles. The van der Waals surface area contributed by atoms with Crippen LogP contribution in [0.4, 0.5) is 0 Å². The summed E-state index contributed by atoms with van der Waals surface area (Å²) < 4.78 is 5.13. The Labute approximate surface area is 55.4 Å². The Morgan fingerprint density at radius 2 is 2.44 bits per heavy atom. The molecule has 2 nitrogen and oxygen atoms in total. The van der Waals surface area contributed by atoms with E-state index >= 15 is 0 Å². The topological polar surface area (TPSA) is 36.3 Å². The van der Waals surface area contributed by atoms with Crippen LogP contribution in [-0.2, 0) is 4.74 Å². The first-order valence-corrected chi connectivity index (χ1v) is 3.28. The van der Waals surface area contributed by atoms with Crippen LogP contribution in [0, 0.1) is 11.3 Å². The van der Waals surface area contributed by atoms with E-state index in [1.165, 1.54) is 0 Å². The molecule has 0 aliphatic carbocycles. The molecule has 0 radical (unpaired) electrons. The molecule has 1 fully saturated rings. The number of hydrogen-bond donors (Lipinski definition) is 0. The van der Waals surface area contributed by atoms with E-state index < -0.39 is 0 Å². The van der Waals surface area contributed by atoms with Crippen molar-refractivity contribution < 1.29 is 4.74 Å². The lowest BCUT2D eigenvalue weighted by molar-refractivity contribution is 0.305. The fourth-order valence-corrected chi connectivity index (χ4v) is 0.809. The molecule has 0 aromatic rings. The molecule has 0 aromatic heterocycles. The van der Waals surface area contributed by atoms with Gasteiger partial charge in [0.2, 0.25) is 0 Å². The van der Waals surface area contributed by atoms with E-state index in [9.17, 15) is 0 Å². The molecule has 0 bridgehead atoms. The van der Waals surface area contributed by atoms with Gasteiger partial charge in [-0.05, 0) is 19.8 Å². The van der Waals surface area contributed by atoms with Gasteiger partial charge in [-0.25, -0.2) is 0 Å². The maximum Gasteiger partial charge on any atom is 0.0889 e. The van der Waals surface area contributed by atoms with Crippen LogP contribution in [0.5, 0.6) is 0 Å². The smallest absolute Gasteiger partial charge is 0.0889 e. The Balaban J connectivity index is 2.00. The summed E-state index contributed by atoms with van der Waals surface area (Å²) in [6, 6.07) is 2.11. The average molecular weight is 125 g/mol. The Bertz CT molecular complexity index is 132. The van der Waals surface area contributed by atoms with Crippen molar-refractivity contribution in [3.63, 3.8) is 0 Å². The second-order valence-corrected chi connectivity index (χ2v) is 2.75. The van der Waals surface area contributed by atoms with E-state index in [0.717, 1.165) is 19.4 Å². The zero-order valence-corrected chi connectivity index (χ0v) is 5.68. The number of ether oxygens (including phenoxy) is 1. The minimum atomic E-state index is 0.150. The number of nitriles is 1. The zero-order chi connectivity index (χ0) is 6.74. The monoisotopic (exact) mass is 125 g/mol. The van der Waals surface area contributed by atoms with Gasteiger partial charge in [0.25, 0.3) is 0 Å². The quantitative estimate of drug-likeness (QED) is 0.423. The number of epoxide rings is 1. The van der Waals surface area contributed by atoms with E-state index in [0.29, 0.717) is 6.42 Å². The first kappa shape index (κ1) is 6.57. The third-order valence-corrected chi connectivity index (χ3v) is 1.63. The largest absolute Gasteiger partial charge is 0.370 e. The lowest BCUT2D eigenvalue weighted by atomic mass is 10.1. The molecular formula is C7H11NO. The van der Waals surface area contributed by atoms with Crippen LogP contribution in [0.1, 0.15) is 26.2 Å². The van der Waals surface area contributed by atoms with Crippen LogP contribution in [-0.4, -0.2) is 12.2 Å². The van der Waals surface area contributed by atoms with Gasteiger partial charge < -0.3 is 4.74 Å². The molecule has 1 atom stereocenters. The molecule has 50 valence electrons. The highest BCUT2D eigenvalue weighted by Crippen LogP contribution is 2.31. The summed E-state index contributed by atoms with van der Waals surface area (Å²) in [5.74, 6) is 0. The van der Waals surface area contributed by atoms with Crippen LogP contribution >= 0.6 is 0 Å². The highest BCUT2D eigenvalue weighted by Gasteiger charge is 2.37. The molecule has 0 spiro atoms. The van der Waals surface area contributed by atoms with Gasteiger partial charge in [0.15, 0.2) is 0 Å². The van der Waals surface area contributed by atoms with Crippen molar-refractivity contribution in [3.05, 3.63) is 0 Å². The molecule has 1 aliphatic heterocycles. The van der Waals surface area contributed by atoms with Gasteiger partial charge in [0, 0.05) is 6.42 Å². The number of nitrogens with zero attached hydrogens (tertiary/aromatic N) is 1. The fraction of sp³-hybridized carbons (Fsp3) is 0.857. The van der Waals surface area contributed by atoms with Crippen molar-refractivity contribution in [2.75, 3.05) is 6.61 Å². The summed E-state index contributed by atoms with van der Waals surface area (Å²) >= 11 is 0. The second-order valence-electron chi connectivity index (χ2n) is 2.75. The van der Waals surface area contributed by atoms with Crippen LogP contribution in [0.3, 0.4) is 0 Å². The van der Waals surface area contributed by atoms with Gasteiger partial charge >= 0.3 is 0 Å². The predicted octanol–water partition coefficient (Wildman–Crippen LogP) is 1.47. The molecular weight excluding hydrogens is 114 g/mol. The van der Waals surface area contributed by atoms with Gasteiger partial charge in [-0.1, -0.05) is 0 Å². The number of unbranched alkanes of at least 4 members (excludes halogenated alkanes) is 1. The van der Waals surface area contributed by atoms with Gasteiger partial charge in [-0.3, -0.25) is 0 Å². The Kier molecular flexibility index (Phi) is 1.73. The van der Waals surface area contributed by atoms with Gasteiger partial charge in [0.05, 0.1) is 18.3 Å². The lowest BCUT2D eigenvalue weighted by Gasteiger charge is -1.99. The predicted molar refractivity (Wildman–Crippen MR) is 33.8 cm³/mol. The summed E-state index contributed by atoms with van der Waals surface area (Å²) in [6.45, 7) is 2.98. The Hall–Kier alpha value is -0.550. The van der Waals surface area contributed by atoms with E-state index in [1.54, 1.807) is 0 Å². The summed E-state index contributed by atoms with van der Waals surface area (Å²) in [5, 5.41) is 8.19. The Morgan fingerprint density at radius 1 is 1.78 bits per heavy atom. The number of rotatable bonds is 3.